The van der Waals surface area contributed by atoms with Gasteiger partial charge in [0.2, 0.25) is 11.1 Å². The average Bonchev–Trinajstić information content (AvgIpc) is 3.65. The highest BCUT2D eigenvalue weighted by Gasteiger charge is 2.24. The van der Waals surface area contributed by atoms with Crippen molar-refractivity contribution in [1.82, 2.24) is 24.5 Å². The number of carbonyl (C=O) groups is 1. The summed E-state index contributed by atoms with van der Waals surface area (Å²) in [6, 6.07) is 16.2. The maximum Gasteiger partial charge on any atom is 0.295 e. The number of benzene rings is 1. The van der Waals surface area contributed by atoms with E-state index in [-0.39, 0.29) is 22.3 Å². The number of anilines is 1. The third-order valence-electron chi connectivity index (χ3n) is 5.63. The van der Waals surface area contributed by atoms with E-state index in [4.69, 9.17) is 8.83 Å². The second-order valence-corrected chi connectivity index (χ2v) is 9.24. The normalized spacial score (nSPS) is 12.0. The fourth-order valence-electron chi connectivity index (χ4n) is 3.67. The highest BCUT2D eigenvalue weighted by Crippen LogP contribution is 2.31. The monoisotopic (exact) mass is 502 g/mol. The SMILES string of the molecule is Cc1c(NC(=O)C(C)Sc2nnc(-c3ccco3)c(-c3ccco3)n2)c(=O)n(-c2ccccc2)n1C. The van der Waals surface area contributed by atoms with E-state index < -0.39 is 5.25 Å². The average molecular weight is 503 g/mol. The molecule has 11 heteroatoms. The summed E-state index contributed by atoms with van der Waals surface area (Å²) in [5.74, 6) is 0.638. The van der Waals surface area contributed by atoms with Gasteiger partial charge in [-0.3, -0.25) is 14.3 Å². The van der Waals surface area contributed by atoms with Gasteiger partial charge in [0.25, 0.3) is 5.56 Å². The Kier molecular flexibility index (Phi) is 6.30. The lowest BCUT2D eigenvalue weighted by Crippen LogP contribution is -2.27. The van der Waals surface area contributed by atoms with Crippen LogP contribution < -0.4 is 10.9 Å². The molecule has 1 amide bonds. The van der Waals surface area contributed by atoms with Crippen LogP contribution in [0, 0.1) is 6.92 Å². The van der Waals surface area contributed by atoms with Crippen LogP contribution in [-0.2, 0) is 11.8 Å². The zero-order valence-electron chi connectivity index (χ0n) is 19.7. The third kappa shape index (κ3) is 4.36. The predicted molar refractivity (Wildman–Crippen MR) is 135 cm³/mol. The van der Waals surface area contributed by atoms with Crippen molar-refractivity contribution in [2.24, 2.45) is 7.05 Å². The second kappa shape index (κ2) is 9.70. The fourth-order valence-corrected chi connectivity index (χ4v) is 4.39. The Balaban J connectivity index is 1.39. The molecule has 0 saturated heterocycles. The Morgan fingerprint density at radius 3 is 2.28 bits per heavy atom. The Hall–Kier alpha value is -4.38. The van der Waals surface area contributed by atoms with Gasteiger partial charge in [0.15, 0.2) is 17.2 Å². The summed E-state index contributed by atoms with van der Waals surface area (Å²) in [5.41, 5.74) is 2.13. The van der Waals surface area contributed by atoms with Crippen LogP contribution in [0.5, 0.6) is 0 Å². The minimum absolute atomic E-state index is 0.224. The molecule has 0 fully saturated rings. The maximum absolute atomic E-state index is 13.1. The first-order chi connectivity index (χ1) is 17.4. The summed E-state index contributed by atoms with van der Waals surface area (Å²) in [4.78, 5) is 30.7. The lowest BCUT2D eigenvalue weighted by molar-refractivity contribution is -0.115. The summed E-state index contributed by atoms with van der Waals surface area (Å²) in [7, 11) is 1.77. The van der Waals surface area contributed by atoms with Crippen molar-refractivity contribution in [2.75, 3.05) is 5.32 Å². The molecule has 0 saturated carbocycles. The Labute approximate surface area is 210 Å². The molecule has 0 aliphatic carbocycles. The van der Waals surface area contributed by atoms with Crippen molar-refractivity contribution < 1.29 is 13.6 Å². The van der Waals surface area contributed by atoms with Gasteiger partial charge in [0.05, 0.1) is 29.2 Å². The van der Waals surface area contributed by atoms with Gasteiger partial charge in [-0.25, -0.2) is 9.67 Å². The Morgan fingerprint density at radius 2 is 1.64 bits per heavy atom. The molecule has 4 heterocycles. The number of carbonyl (C=O) groups excluding carboxylic acids is 1. The summed E-state index contributed by atoms with van der Waals surface area (Å²) >= 11 is 1.12. The van der Waals surface area contributed by atoms with Gasteiger partial charge in [0, 0.05) is 7.05 Å². The molecule has 10 nitrogen and oxygen atoms in total. The molecule has 0 aliphatic rings. The molecular weight excluding hydrogens is 480 g/mol. The number of amides is 1. The molecule has 1 aromatic carbocycles. The molecule has 0 radical (unpaired) electrons. The molecule has 1 N–H and O–H groups in total. The van der Waals surface area contributed by atoms with Crippen molar-refractivity contribution >= 4 is 23.4 Å². The number of thioether (sulfide) groups is 1. The molecular formula is C25H22N6O4S. The number of furan rings is 2. The lowest BCUT2D eigenvalue weighted by atomic mass is 10.2. The fraction of sp³-hybridized carbons (Fsp3) is 0.160. The van der Waals surface area contributed by atoms with Crippen LogP contribution in [0.25, 0.3) is 28.6 Å². The van der Waals surface area contributed by atoms with Gasteiger partial charge in [0.1, 0.15) is 11.4 Å². The summed E-state index contributed by atoms with van der Waals surface area (Å²) in [5, 5.41) is 10.9. The highest BCUT2D eigenvalue weighted by atomic mass is 32.2. The highest BCUT2D eigenvalue weighted by molar-refractivity contribution is 8.00. The minimum Gasteiger partial charge on any atom is -0.463 e. The first-order valence-electron chi connectivity index (χ1n) is 11.1. The number of nitrogens with one attached hydrogen (secondary N) is 1. The quantitative estimate of drug-likeness (QED) is 0.327. The van der Waals surface area contributed by atoms with E-state index in [0.717, 1.165) is 11.8 Å². The summed E-state index contributed by atoms with van der Waals surface area (Å²) in [6.07, 6.45) is 3.08. The van der Waals surface area contributed by atoms with E-state index in [1.54, 1.807) is 49.8 Å². The van der Waals surface area contributed by atoms with Gasteiger partial charge in [-0.2, -0.15) is 0 Å². The van der Waals surface area contributed by atoms with Crippen molar-refractivity contribution in [3.63, 3.8) is 0 Å². The number of nitrogens with zero attached hydrogens (tertiary/aromatic N) is 5. The number of hydrogen-bond acceptors (Lipinski definition) is 8. The van der Waals surface area contributed by atoms with Gasteiger partial charge < -0.3 is 14.2 Å². The zero-order valence-corrected chi connectivity index (χ0v) is 20.5. The summed E-state index contributed by atoms with van der Waals surface area (Å²) < 4.78 is 14.2. The molecule has 5 aromatic rings. The minimum atomic E-state index is -0.616. The maximum atomic E-state index is 13.1. The topological polar surface area (TPSA) is 121 Å². The van der Waals surface area contributed by atoms with E-state index in [0.29, 0.717) is 34.3 Å². The van der Waals surface area contributed by atoms with E-state index >= 15 is 0 Å². The van der Waals surface area contributed by atoms with E-state index in [1.807, 2.05) is 30.3 Å². The molecule has 0 spiro atoms. The molecule has 36 heavy (non-hydrogen) atoms. The van der Waals surface area contributed by atoms with Crippen molar-refractivity contribution in [3.8, 4) is 28.6 Å². The van der Waals surface area contributed by atoms with E-state index in [9.17, 15) is 9.59 Å². The number of hydrogen-bond donors (Lipinski definition) is 1. The van der Waals surface area contributed by atoms with E-state index in [1.165, 1.54) is 17.2 Å². The smallest absolute Gasteiger partial charge is 0.295 e. The second-order valence-electron chi connectivity index (χ2n) is 7.93. The van der Waals surface area contributed by atoms with Crippen molar-refractivity contribution in [3.05, 3.63) is 83.2 Å². The van der Waals surface area contributed by atoms with Crippen LogP contribution in [0.1, 0.15) is 12.6 Å². The molecule has 0 aliphatic heterocycles. The standard InChI is InChI=1S/C25H22N6O4S/c1-15-20(24(33)31(30(15)3)17-9-5-4-6-10-17)26-23(32)16(2)36-25-27-21(18-11-7-13-34-18)22(28-29-25)19-12-8-14-35-19/h4-14,16H,1-3H3,(H,26,32). The van der Waals surface area contributed by atoms with Crippen LogP contribution in [-0.4, -0.2) is 35.7 Å². The molecule has 5 rings (SSSR count). The van der Waals surface area contributed by atoms with Gasteiger partial charge in [-0.05, 0) is 50.2 Å². The molecule has 1 atom stereocenters. The van der Waals surface area contributed by atoms with Gasteiger partial charge in [-0.15, -0.1) is 10.2 Å². The van der Waals surface area contributed by atoms with Gasteiger partial charge in [-0.1, -0.05) is 30.0 Å². The van der Waals surface area contributed by atoms with Crippen LogP contribution in [0.15, 0.2) is 85.9 Å². The summed E-state index contributed by atoms with van der Waals surface area (Å²) in [6.45, 7) is 3.49. The number of aromatic nitrogens is 5. The van der Waals surface area contributed by atoms with Crippen LogP contribution in [0.2, 0.25) is 0 Å². The predicted octanol–water partition coefficient (Wildman–Crippen LogP) is 4.31. The Bertz CT molecular complexity index is 1560. The molecule has 4 aromatic heterocycles. The van der Waals surface area contributed by atoms with Crippen LogP contribution in [0.4, 0.5) is 5.69 Å². The Morgan fingerprint density at radius 1 is 0.972 bits per heavy atom. The van der Waals surface area contributed by atoms with Gasteiger partial charge >= 0.3 is 0 Å². The first kappa shape index (κ1) is 23.4. The largest absolute Gasteiger partial charge is 0.463 e. The lowest BCUT2D eigenvalue weighted by Gasteiger charge is -2.11. The zero-order chi connectivity index (χ0) is 25.2. The molecule has 182 valence electrons. The van der Waals surface area contributed by atoms with Crippen molar-refractivity contribution in [2.45, 2.75) is 24.3 Å². The molecule has 0 bridgehead atoms. The van der Waals surface area contributed by atoms with Crippen LogP contribution in [0.3, 0.4) is 0 Å². The first-order valence-corrected chi connectivity index (χ1v) is 12.0. The third-order valence-corrected chi connectivity index (χ3v) is 6.58. The van der Waals surface area contributed by atoms with Crippen LogP contribution >= 0.6 is 11.8 Å². The van der Waals surface area contributed by atoms with E-state index in [2.05, 4.69) is 20.5 Å². The number of para-hydroxylation sites is 1. The molecule has 1 unspecified atom stereocenters. The number of rotatable bonds is 7. The van der Waals surface area contributed by atoms with Crippen molar-refractivity contribution in [1.29, 1.82) is 0 Å².